The molecule has 1 aromatic carbocycles. The van der Waals surface area contributed by atoms with Crippen LogP contribution in [-0.4, -0.2) is 11.4 Å². The Bertz CT molecular complexity index is 435. The van der Waals surface area contributed by atoms with Gasteiger partial charge < -0.3 is 11.1 Å². The maximum absolute atomic E-state index is 12.3. The lowest BCUT2D eigenvalue weighted by atomic mass is 9.92. The molecule has 0 saturated heterocycles. The van der Waals surface area contributed by atoms with Crippen LogP contribution in [-0.2, 0) is 11.2 Å². The number of aryl methyl sites for hydroxylation is 1. The number of carbonyl (C=O) groups is 1. The van der Waals surface area contributed by atoms with E-state index in [0.717, 1.165) is 12.0 Å². The molecule has 0 bridgehead atoms. The van der Waals surface area contributed by atoms with Crippen molar-refractivity contribution in [2.75, 3.05) is 0 Å². The molecule has 3 heteroatoms. The third kappa shape index (κ3) is 4.07. The normalized spacial score (nSPS) is 15.8. The van der Waals surface area contributed by atoms with E-state index in [4.69, 9.17) is 5.73 Å². The van der Waals surface area contributed by atoms with Gasteiger partial charge in [-0.05, 0) is 36.8 Å². The van der Waals surface area contributed by atoms with Gasteiger partial charge in [-0.3, -0.25) is 4.79 Å². The van der Waals surface area contributed by atoms with Crippen molar-refractivity contribution in [2.45, 2.75) is 59.0 Å². The molecule has 0 spiro atoms. The highest BCUT2D eigenvalue weighted by Gasteiger charge is 2.29. The summed E-state index contributed by atoms with van der Waals surface area (Å²) in [4.78, 5) is 12.3. The summed E-state index contributed by atoms with van der Waals surface area (Å²) in [5.41, 5.74) is 7.65. The second-order valence-corrected chi connectivity index (χ2v) is 6.06. The van der Waals surface area contributed by atoms with E-state index in [1.165, 1.54) is 5.56 Å². The van der Waals surface area contributed by atoms with Gasteiger partial charge in [0.25, 0.3) is 0 Å². The van der Waals surface area contributed by atoms with Gasteiger partial charge >= 0.3 is 0 Å². The Morgan fingerprint density at radius 1 is 1.25 bits per heavy atom. The topological polar surface area (TPSA) is 55.1 Å². The van der Waals surface area contributed by atoms with Gasteiger partial charge in [-0.25, -0.2) is 0 Å². The molecule has 0 aliphatic carbocycles. The van der Waals surface area contributed by atoms with Crippen LogP contribution in [0.25, 0.3) is 0 Å². The van der Waals surface area contributed by atoms with E-state index in [2.05, 4.69) is 50.4 Å². The number of amides is 1. The number of hydrogen-bond acceptors (Lipinski definition) is 2. The number of hydrogen-bond donors (Lipinski definition) is 2. The smallest absolute Gasteiger partial charge is 0.240 e. The first-order chi connectivity index (χ1) is 9.31. The minimum Gasteiger partial charge on any atom is -0.347 e. The molecular formula is C17H28N2O. The fraction of sp³-hybridized carbons (Fsp3) is 0.588. The molecule has 112 valence electrons. The average molecular weight is 276 g/mol. The first-order valence-electron chi connectivity index (χ1n) is 7.50. The van der Waals surface area contributed by atoms with Crippen LogP contribution in [0.3, 0.4) is 0 Å². The summed E-state index contributed by atoms with van der Waals surface area (Å²) in [6, 6.07) is 8.45. The molecule has 0 aliphatic heterocycles. The van der Waals surface area contributed by atoms with Crippen molar-refractivity contribution in [1.82, 2.24) is 5.32 Å². The van der Waals surface area contributed by atoms with Crippen LogP contribution in [0.5, 0.6) is 0 Å². The Balaban J connectivity index is 2.91. The molecule has 0 aliphatic rings. The van der Waals surface area contributed by atoms with Gasteiger partial charge in [-0.15, -0.1) is 0 Å². The molecule has 0 fully saturated rings. The quantitative estimate of drug-likeness (QED) is 0.838. The van der Waals surface area contributed by atoms with Crippen LogP contribution in [0.4, 0.5) is 0 Å². The molecule has 1 aromatic rings. The Hall–Kier alpha value is -1.35. The Morgan fingerprint density at radius 3 is 2.20 bits per heavy atom. The molecule has 1 amide bonds. The summed E-state index contributed by atoms with van der Waals surface area (Å²) < 4.78 is 0. The molecule has 3 N–H and O–H groups in total. The number of nitrogens with two attached hydrogens (primary N) is 1. The van der Waals surface area contributed by atoms with Gasteiger partial charge in [0.15, 0.2) is 0 Å². The highest BCUT2D eigenvalue weighted by molar-refractivity contribution is 5.85. The molecular weight excluding hydrogens is 248 g/mol. The zero-order valence-electron chi connectivity index (χ0n) is 13.4. The molecule has 2 atom stereocenters. The minimum absolute atomic E-state index is 0.00262. The molecule has 0 radical (unpaired) electrons. The number of carbonyl (C=O) groups excluding carboxylic acids is 1. The summed E-state index contributed by atoms with van der Waals surface area (Å²) in [6.45, 7) is 10.1. The fourth-order valence-electron chi connectivity index (χ4n) is 2.06. The van der Waals surface area contributed by atoms with E-state index < -0.39 is 5.54 Å². The van der Waals surface area contributed by atoms with Crippen molar-refractivity contribution < 1.29 is 4.79 Å². The second kappa shape index (κ2) is 6.89. The zero-order chi connectivity index (χ0) is 15.3. The largest absolute Gasteiger partial charge is 0.347 e. The highest BCUT2D eigenvalue weighted by Crippen LogP contribution is 2.23. The molecule has 0 aromatic heterocycles. The maximum Gasteiger partial charge on any atom is 0.240 e. The lowest BCUT2D eigenvalue weighted by Crippen LogP contribution is -2.52. The van der Waals surface area contributed by atoms with Gasteiger partial charge in [0.05, 0.1) is 11.6 Å². The molecule has 20 heavy (non-hydrogen) atoms. The van der Waals surface area contributed by atoms with Gasteiger partial charge in [-0.1, -0.05) is 52.0 Å². The summed E-state index contributed by atoms with van der Waals surface area (Å²) >= 11 is 0. The first kappa shape index (κ1) is 16.7. The summed E-state index contributed by atoms with van der Waals surface area (Å²) in [5, 5.41) is 3.10. The van der Waals surface area contributed by atoms with Crippen LogP contribution < -0.4 is 11.1 Å². The van der Waals surface area contributed by atoms with Crippen molar-refractivity contribution in [1.29, 1.82) is 0 Å². The van der Waals surface area contributed by atoms with E-state index in [0.29, 0.717) is 12.3 Å². The zero-order valence-corrected chi connectivity index (χ0v) is 13.4. The van der Waals surface area contributed by atoms with Crippen LogP contribution in [0, 0.1) is 5.92 Å². The molecule has 0 saturated carbocycles. The number of benzene rings is 1. The maximum atomic E-state index is 12.3. The van der Waals surface area contributed by atoms with Gasteiger partial charge in [0, 0.05) is 0 Å². The average Bonchev–Trinajstić information content (AvgIpc) is 2.44. The SMILES string of the molecule is CCc1ccc(C(NC(=O)C(C)(N)CC)C(C)C)cc1. The van der Waals surface area contributed by atoms with Crippen LogP contribution in [0.1, 0.15) is 58.2 Å². The summed E-state index contributed by atoms with van der Waals surface area (Å²) in [7, 11) is 0. The molecule has 1 rings (SSSR count). The van der Waals surface area contributed by atoms with Crippen LogP contribution >= 0.6 is 0 Å². The predicted octanol–water partition coefficient (Wildman–Crippen LogP) is 3.19. The van der Waals surface area contributed by atoms with E-state index >= 15 is 0 Å². The second-order valence-electron chi connectivity index (χ2n) is 6.06. The third-order valence-electron chi connectivity index (χ3n) is 3.95. The van der Waals surface area contributed by atoms with Crippen molar-refractivity contribution >= 4 is 5.91 Å². The van der Waals surface area contributed by atoms with E-state index in [1.54, 1.807) is 6.92 Å². The van der Waals surface area contributed by atoms with Crippen LogP contribution in [0.15, 0.2) is 24.3 Å². The first-order valence-corrected chi connectivity index (χ1v) is 7.50. The van der Waals surface area contributed by atoms with Crippen LogP contribution in [0.2, 0.25) is 0 Å². The number of rotatable bonds is 6. The third-order valence-corrected chi connectivity index (χ3v) is 3.95. The Kier molecular flexibility index (Phi) is 5.75. The Morgan fingerprint density at radius 2 is 1.80 bits per heavy atom. The van der Waals surface area contributed by atoms with Gasteiger partial charge in [0.2, 0.25) is 5.91 Å². The molecule has 0 heterocycles. The fourth-order valence-corrected chi connectivity index (χ4v) is 2.06. The van der Waals surface area contributed by atoms with E-state index in [-0.39, 0.29) is 11.9 Å². The number of nitrogens with one attached hydrogen (secondary N) is 1. The Labute approximate surface area is 122 Å². The highest BCUT2D eigenvalue weighted by atomic mass is 16.2. The summed E-state index contributed by atoms with van der Waals surface area (Å²) in [6.07, 6.45) is 1.65. The van der Waals surface area contributed by atoms with Gasteiger partial charge in [0.1, 0.15) is 0 Å². The lowest BCUT2D eigenvalue weighted by Gasteiger charge is -2.29. The molecule has 2 unspecified atom stereocenters. The van der Waals surface area contributed by atoms with Crippen molar-refractivity contribution in [3.8, 4) is 0 Å². The van der Waals surface area contributed by atoms with Gasteiger partial charge in [-0.2, -0.15) is 0 Å². The van der Waals surface area contributed by atoms with E-state index in [9.17, 15) is 4.79 Å². The van der Waals surface area contributed by atoms with Crippen molar-refractivity contribution in [2.24, 2.45) is 11.7 Å². The van der Waals surface area contributed by atoms with E-state index in [1.807, 2.05) is 6.92 Å². The summed E-state index contributed by atoms with van der Waals surface area (Å²) in [5.74, 6) is 0.234. The van der Waals surface area contributed by atoms with Crippen molar-refractivity contribution in [3.05, 3.63) is 35.4 Å². The monoisotopic (exact) mass is 276 g/mol. The molecule has 3 nitrogen and oxygen atoms in total. The lowest BCUT2D eigenvalue weighted by molar-refractivity contribution is -0.127. The minimum atomic E-state index is -0.809. The standard InChI is InChI=1S/C17H28N2O/c1-6-13-8-10-14(11-9-13)15(12(3)4)19-16(20)17(5,18)7-2/h8-12,15H,6-7,18H2,1-5H3,(H,19,20). The van der Waals surface area contributed by atoms with Crippen molar-refractivity contribution in [3.63, 3.8) is 0 Å². The predicted molar refractivity (Wildman–Crippen MR) is 84.4 cm³/mol.